The van der Waals surface area contributed by atoms with Gasteiger partial charge in [0.05, 0.1) is 29.2 Å². The lowest BCUT2D eigenvalue weighted by molar-refractivity contribution is -0.652. The highest BCUT2D eigenvalue weighted by Gasteiger charge is 2.53. The normalized spacial score (nSPS) is 18.6. The summed E-state index contributed by atoms with van der Waals surface area (Å²) in [6.45, 7) is 6.15. The molecule has 0 bridgehead atoms. The Balaban J connectivity index is 1.36. The Morgan fingerprint density at radius 2 is 2.04 bits per heavy atom. The van der Waals surface area contributed by atoms with Gasteiger partial charge in [0.15, 0.2) is 10.8 Å². The van der Waals surface area contributed by atoms with E-state index in [1.54, 1.807) is 4.52 Å². The standard InChI is InChI=1S/C25H28N10O7S3/c1-9-16(26)30-24(35-18(9)33(5)10(2)31-35)44-8-11-7-43-20-14(19(37)34(20)15(11)21(38)39)29-17(36)13(12-6-28-23(27)45-12)32-42-25(3,4)22(40)41/h6,14,20,26H,7-8H2,1-5H3,(H5,27,28,29,32,36,38,39,40,41). The molecule has 2 aliphatic heterocycles. The van der Waals surface area contributed by atoms with Crippen molar-refractivity contribution in [2.24, 2.45) is 12.2 Å². The van der Waals surface area contributed by atoms with Crippen LogP contribution in [0.4, 0.5) is 10.9 Å². The third-order valence-electron chi connectivity index (χ3n) is 7.12. The molecule has 17 nitrogen and oxygen atoms in total. The number of fused-ring (bicyclic) bond motifs is 2. The van der Waals surface area contributed by atoms with Gasteiger partial charge in [0, 0.05) is 29.7 Å². The zero-order chi connectivity index (χ0) is 33.0. The number of thioether (sulfide) groups is 2. The first-order valence-corrected chi connectivity index (χ1v) is 16.0. The number of amides is 2. The van der Waals surface area contributed by atoms with Crippen molar-refractivity contribution in [3.8, 4) is 0 Å². The highest BCUT2D eigenvalue weighted by Crippen LogP contribution is 2.41. The second-order valence-corrected chi connectivity index (χ2v) is 13.7. The van der Waals surface area contributed by atoms with Crippen molar-refractivity contribution in [3.05, 3.63) is 33.7 Å². The topological polar surface area (TPSA) is 247 Å². The monoisotopic (exact) mass is 676 g/mol. The van der Waals surface area contributed by atoms with E-state index in [0.29, 0.717) is 16.5 Å². The van der Waals surface area contributed by atoms with E-state index < -0.39 is 40.8 Å². The Morgan fingerprint density at radius 1 is 1.33 bits per heavy atom. The molecule has 3 aromatic heterocycles. The maximum absolute atomic E-state index is 13.3. The van der Waals surface area contributed by atoms with E-state index in [2.05, 4.69) is 25.5 Å². The first-order valence-electron chi connectivity index (χ1n) is 13.2. The number of aliphatic carboxylic acids is 2. The zero-order valence-electron chi connectivity index (χ0n) is 24.6. The quantitative estimate of drug-likeness (QED) is 0.0480. The molecule has 5 rings (SSSR count). The van der Waals surface area contributed by atoms with Crippen LogP contribution in [-0.2, 0) is 31.1 Å². The lowest BCUT2D eigenvalue weighted by Crippen LogP contribution is -2.71. The minimum atomic E-state index is -1.77. The lowest BCUT2D eigenvalue weighted by Gasteiger charge is -2.50. The Hall–Kier alpha value is -4.43. The highest BCUT2D eigenvalue weighted by molar-refractivity contribution is 8.01. The first-order chi connectivity index (χ1) is 21.1. The summed E-state index contributed by atoms with van der Waals surface area (Å²) in [5.41, 5.74) is 11.4. The largest absolute Gasteiger partial charge is 0.543 e. The Kier molecular flexibility index (Phi) is 8.40. The van der Waals surface area contributed by atoms with Gasteiger partial charge in [-0.15, -0.1) is 11.8 Å². The fourth-order valence-corrected chi connectivity index (χ4v) is 7.57. The number of nitrogen functional groups attached to an aromatic ring is 2. The second-order valence-electron chi connectivity index (χ2n) is 10.5. The Labute approximate surface area is 267 Å². The van der Waals surface area contributed by atoms with Gasteiger partial charge in [-0.25, -0.2) is 14.3 Å². The van der Waals surface area contributed by atoms with Gasteiger partial charge < -0.3 is 36.6 Å². The van der Waals surface area contributed by atoms with Gasteiger partial charge >= 0.3 is 5.97 Å². The minimum absolute atomic E-state index is 0.117. The van der Waals surface area contributed by atoms with Crippen LogP contribution in [0.1, 0.15) is 30.1 Å². The maximum Gasteiger partial charge on any atom is 0.350 e. The number of carbonyl (C=O) groups excluding carboxylic acids is 3. The van der Waals surface area contributed by atoms with E-state index in [1.165, 1.54) is 43.6 Å². The summed E-state index contributed by atoms with van der Waals surface area (Å²) in [4.78, 5) is 65.1. The van der Waals surface area contributed by atoms with Crippen LogP contribution in [0.2, 0.25) is 0 Å². The van der Waals surface area contributed by atoms with Crippen LogP contribution in [0.15, 0.2) is 27.8 Å². The zero-order valence-corrected chi connectivity index (χ0v) is 27.0. The number of carbonyl (C=O) groups is 4. The first kappa shape index (κ1) is 32.0. The molecule has 6 N–H and O–H groups in total. The number of carboxylic acids is 2. The summed E-state index contributed by atoms with van der Waals surface area (Å²) in [5.74, 6) is -3.00. The number of oxime groups is 1. The molecule has 2 amide bonds. The van der Waals surface area contributed by atoms with Crippen molar-refractivity contribution in [2.45, 2.75) is 49.9 Å². The van der Waals surface area contributed by atoms with Crippen molar-refractivity contribution >= 4 is 80.9 Å². The molecule has 3 aromatic rings. The number of hydrogen-bond donors (Lipinski definition) is 4. The lowest BCUT2D eigenvalue weighted by atomic mass is 10.0. The summed E-state index contributed by atoms with van der Waals surface area (Å²) in [7, 11) is 1.85. The number of nitrogens with one attached hydrogen (secondary N) is 1. The number of nitrogens with zero attached hydrogens (tertiary/aromatic N) is 7. The van der Waals surface area contributed by atoms with Crippen LogP contribution in [0.25, 0.3) is 5.65 Å². The van der Waals surface area contributed by atoms with Crippen LogP contribution in [0.3, 0.4) is 0 Å². The van der Waals surface area contributed by atoms with E-state index in [4.69, 9.17) is 16.3 Å². The van der Waals surface area contributed by atoms with Crippen LogP contribution in [-0.4, -0.2) is 87.6 Å². The number of β-lactam (4-membered cyclic amide) rings is 1. The molecule has 45 heavy (non-hydrogen) atoms. The molecule has 20 heteroatoms. The maximum atomic E-state index is 13.3. The predicted molar refractivity (Wildman–Crippen MR) is 162 cm³/mol. The number of anilines is 2. The van der Waals surface area contributed by atoms with Crippen LogP contribution in [0.5, 0.6) is 0 Å². The number of thiazole rings is 1. The van der Waals surface area contributed by atoms with Gasteiger partial charge in [-0.05, 0) is 30.9 Å². The van der Waals surface area contributed by atoms with Gasteiger partial charge in [0.25, 0.3) is 28.4 Å². The van der Waals surface area contributed by atoms with Crippen LogP contribution >= 0.6 is 34.9 Å². The number of aryl methyl sites for hydroxylation is 3. The van der Waals surface area contributed by atoms with E-state index in [9.17, 15) is 29.4 Å². The minimum Gasteiger partial charge on any atom is -0.543 e. The molecule has 0 aliphatic carbocycles. The van der Waals surface area contributed by atoms with Crippen molar-refractivity contribution in [1.29, 1.82) is 0 Å². The van der Waals surface area contributed by atoms with Gasteiger partial charge in [-0.1, -0.05) is 28.3 Å². The third kappa shape index (κ3) is 5.75. The van der Waals surface area contributed by atoms with Gasteiger partial charge in [0.1, 0.15) is 17.2 Å². The summed E-state index contributed by atoms with van der Waals surface area (Å²) < 4.78 is 3.51. The van der Waals surface area contributed by atoms with Gasteiger partial charge in [-0.2, -0.15) is 4.98 Å². The summed E-state index contributed by atoms with van der Waals surface area (Å²) in [6.07, 6.45) is 1.26. The van der Waals surface area contributed by atoms with Crippen molar-refractivity contribution in [3.63, 3.8) is 0 Å². The molecule has 0 spiro atoms. The summed E-state index contributed by atoms with van der Waals surface area (Å²) in [6, 6.07) is -1.11. The molecule has 0 aromatic carbocycles. The fraction of sp³-hybridized carbons (Fsp3) is 0.400. The third-order valence-corrected chi connectivity index (χ3v) is 10.3. The Bertz CT molecular complexity index is 1830. The van der Waals surface area contributed by atoms with Crippen molar-refractivity contribution < 1.29 is 38.8 Å². The molecule has 2 atom stereocenters. The highest BCUT2D eigenvalue weighted by atomic mass is 32.2. The molecule has 238 valence electrons. The average molecular weight is 677 g/mol. The van der Waals surface area contributed by atoms with Crippen LogP contribution in [0, 0.1) is 13.8 Å². The molecular formula is C25H28N10O7S3. The fourth-order valence-electron chi connectivity index (χ4n) is 4.48. The smallest absolute Gasteiger partial charge is 0.350 e. The molecule has 0 saturated carbocycles. The number of hydrogen-bond acceptors (Lipinski definition) is 15. The number of rotatable bonds is 10. The molecule has 1 saturated heterocycles. The Morgan fingerprint density at radius 3 is 2.67 bits per heavy atom. The van der Waals surface area contributed by atoms with E-state index in [0.717, 1.165) is 33.3 Å². The predicted octanol–water partition coefficient (Wildman–Crippen LogP) is -1.43. The SMILES string of the molecule is Cc1c(N)nc(SCC2=C(C(=O)[O-])N3C(=O)C(NC(=O)/C(=N\OC(C)(C)C(=O)O)c4cnc(N)s4)C3SC2)n2nc(C)[n+](C)c12. The number of aromatic nitrogens is 5. The average Bonchev–Trinajstić information content (AvgIpc) is 3.54. The van der Waals surface area contributed by atoms with Crippen molar-refractivity contribution in [1.82, 2.24) is 29.8 Å². The van der Waals surface area contributed by atoms with E-state index in [1.807, 2.05) is 25.5 Å². The molecule has 5 heterocycles. The molecule has 2 unspecified atom stereocenters. The molecule has 0 radical (unpaired) electrons. The van der Waals surface area contributed by atoms with Gasteiger partial charge in [0.2, 0.25) is 5.60 Å². The van der Waals surface area contributed by atoms with Gasteiger partial charge in [-0.3, -0.25) is 14.5 Å². The number of carboxylic acid groups (broad SMARTS) is 2. The van der Waals surface area contributed by atoms with E-state index in [-0.39, 0.29) is 32.9 Å². The summed E-state index contributed by atoms with van der Waals surface area (Å²) in [5, 5.41) is 32.3. The molecule has 2 aliphatic rings. The van der Waals surface area contributed by atoms with Crippen LogP contribution < -0.4 is 26.5 Å². The molecular weight excluding hydrogens is 649 g/mol. The summed E-state index contributed by atoms with van der Waals surface area (Å²) >= 11 is 3.38. The molecule has 1 fully saturated rings. The van der Waals surface area contributed by atoms with E-state index >= 15 is 0 Å². The second kappa shape index (κ2) is 11.8. The number of nitrogens with two attached hydrogens (primary N) is 2. The van der Waals surface area contributed by atoms with Crippen molar-refractivity contribution in [2.75, 3.05) is 23.0 Å².